The SMILES string of the molecule is CCOc1ccc(-n2c(SCC(=O)Nc3cccc(C)c3C)nnc2-c2cccc(C)c2)cc1. The van der Waals surface area contributed by atoms with Gasteiger partial charge in [-0.15, -0.1) is 10.2 Å². The Bertz CT molecular complexity index is 1300. The average molecular weight is 473 g/mol. The molecule has 1 aromatic heterocycles. The Labute approximate surface area is 204 Å². The van der Waals surface area contributed by atoms with E-state index in [-0.39, 0.29) is 11.7 Å². The number of benzene rings is 3. The van der Waals surface area contributed by atoms with Crippen molar-refractivity contribution in [2.75, 3.05) is 17.7 Å². The summed E-state index contributed by atoms with van der Waals surface area (Å²) in [6.07, 6.45) is 0. The summed E-state index contributed by atoms with van der Waals surface area (Å²) in [5, 5.41) is 12.6. The van der Waals surface area contributed by atoms with Crippen LogP contribution in [0.2, 0.25) is 0 Å². The van der Waals surface area contributed by atoms with E-state index in [1.807, 2.05) is 92.9 Å². The summed E-state index contributed by atoms with van der Waals surface area (Å²) in [5.41, 5.74) is 6.05. The van der Waals surface area contributed by atoms with E-state index in [9.17, 15) is 4.79 Å². The fraction of sp³-hybridized carbons (Fsp3) is 0.222. The number of ether oxygens (including phenoxy) is 1. The maximum absolute atomic E-state index is 12.7. The van der Waals surface area contributed by atoms with Gasteiger partial charge in [0.05, 0.1) is 12.4 Å². The number of hydrogen-bond donors (Lipinski definition) is 1. The van der Waals surface area contributed by atoms with Crippen molar-refractivity contribution in [3.05, 3.63) is 83.4 Å². The zero-order chi connectivity index (χ0) is 24.1. The Hall–Kier alpha value is -3.58. The smallest absolute Gasteiger partial charge is 0.234 e. The van der Waals surface area contributed by atoms with Gasteiger partial charge in [0, 0.05) is 16.9 Å². The van der Waals surface area contributed by atoms with E-state index >= 15 is 0 Å². The number of rotatable bonds is 8. The highest BCUT2D eigenvalue weighted by molar-refractivity contribution is 7.99. The van der Waals surface area contributed by atoms with E-state index in [0.29, 0.717) is 11.8 Å². The van der Waals surface area contributed by atoms with E-state index < -0.39 is 0 Å². The summed E-state index contributed by atoms with van der Waals surface area (Å²) in [6.45, 7) is 8.66. The third-order valence-corrected chi connectivity index (χ3v) is 6.46. The van der Waals surface area contributed by atoms with Crippen molar-refractivity contribution < 1.29 is 9.53 Å². The number of thioether (sulfide) groups is 1. The Morgan fingerprint density at radius 3 is 2.50 bits per heavy atom. The van der Waals surface area contributed by atoms with Crippen LogP contribution >= 0.6 is 11.8 Å². The molecule has 0 fully saturated rings. The maximum Gasteiger partial charge on any atom is 0.234 e. The van der Waals surface area contributed by atoms with Crippen molar-refractivity contribution in [2.45, 2.75) is 32.9 Å². The van der Waals surface area contributed by atoms with Gasteiger partial charge < -0.3 is 10.1 Å². The predicted molar refractivity (Wildman–Crippen MR) is 138 cm³/mol. The molecule has 0 unspecified atom stereocenters. The molecule has 4 aromatic rings. The van der Waals surface area contributed by atoms with Crippen LogP contribution in [0.1, 0.15) is 23.6 Å². The highest BCUT2D eigenvalue weighted by atomic mass is 32.2. The first-order valence-corrected chi connectivity index (χ1v) is 12.2. The van der Waals surface area contributed by atoms with E-state index in [1.165, 1.54) is 11.8 Å². The van der Waals surface area contributed by atoms with Gasteiger partial charge in [0.25, 0.3) is 0 Å². The zero-order valence-corrected chi connectivity index (χ0v) is 20.6. The highest BCUT2D eigenvalue weighted by Crippen LogP contribution is 2.29. The Balaban J connectivity index is 1.61. The first-order valence-electron chi connectivity index (χ1n) is 11.2. The normalized spacial score (nSPS) is 10.8. The van der Waals surface area contributed by atoms with Crippen LogP contribution in [0.5, 0.6) is 5.75 Å². The molecule has 0 radical (unpaired) electrons. The largest absolute Gasteiger partial charge is 0.494 e. The number of anilines is 1. The molecule has 0 aliphatic carbocycles. The van der Waals surface area contributed by atoms with Gasteiger partial charge in [-0.1, -0.05) is 47.7 Å². The molecule has 1 amide bonds. The second-order valence-electron chi connectivity index (χ2n) is 8.02. The van der Waals surface area contributed by atoms with Crippen LogP contribution in [0.3, 0.4) is 0 Å². The second-order valence-corrected chi connectivity index (χ2v) is 8.96. The minimum absolute atomic E-state index is 0.0861. The topological polar surface area (TPSA) is 69.0 Å². The van der Waals surface area contributed by atoms with Gasteiger partial charge in [-0.25, -0.2) is 0 Å². The molecule has 6 nitrogen and oxygen atoms in total. The van der Waals surface area contributed by atoms with Crippen LogP contribution in [-0.2, 0) is 4.79 Å². The Kier molecular flexibility index (Phi) is 7.33. The zero-order valence-electron chi connectivity index (χ0n) is 19.8. The van der Waals surface area contributed by atoms with Crippen LogP contribution in [0.15, 0.2) is 71.9 Å². The molecule has 0 bridgehead atoms. The molecule has 0 aliphatic rings. The standard InChI is InChI=1S/C27H28N4O2S/c1-5-33-23-14-12-22(13-15-23)31-26(21-10-6-8-18(2)16-21)29-30-27(31)34-17-25(32)28-24-11-7-9-19(3)20(24)4/h6-16H,5,17H2,1-4H3,(H,28,32). The number of nitrogens with zero attached hydrogens (tertiary/aromatic N) is 3. The molecule has 3 aromatic carbocycles. The second kappa shape index (κ2) is 10.6. The van der Waals surface area contributed by atoms with Crippen LogP contribution in [0, 0.1) is 20.8 Å². The molecule has 7 heteroatoms. The molecule has 0 saturated heterocycles. The molecule has 0 aliphatic heterocycles. The molecule has 174 valence electrons. The Morgan fingerprint density at radius 2 is 1.76 bits per heavy atom. The molecule has 4 rings (SSSR count). The molecule has 1 heterocycles. The third kappa shape index (κ3) is 5.31. The Morgan fingerprint density at radius 1 is 1.00 bits per heavy atom. The summed E-state index contributed by atoms with van der Waals surface area (Å²) < 4.78 is 7.58. The van der Waals surface area contributed by atoms with E-state index in [1.54, 1.807) is 0 Å². The first-order chi connectivity index (χ1) is 16.5. The van der Waals surface area contributed by atoms with Crippen LogP contribution in [0.25, 0.3) is 17.1 Å². The lowest BCUT2D eigenvalue weighted by molar-refractivity contribution is -0.113. The number of aryl methyl sites for hydroxylation is 2. The summed E-state index contributed by atoms with van der Waals surface area (Å²) >= 11 is 1.36. The monoisotopic (exact) mass is 472 g/mol. The quantitative estimate of drug-likeness (QED) is 0.319. The maximum atomic E-state index is 12.7. The fourth-order valence-electron chi connectivity index (χ4n) is 3.63. The minimum Gasteiger partial charge on any atom is -0.494 e. The van der Waals surface area contributed by atoms with Crippen molar-refractivity contribution in [3.63, 3.8) is 0 Å². The molecule has 0 spiro atoms. The van der Waals surface area contributed by atoms with Crippen LogP contribution in [-0.4, -0.2) is 33.0 Å². The number of nitrogens with one attached hydrogen (secondary N) is 1. The van der Waals surface area contributed by atoms with Crippen molar-refractivity contribution in [1.82, 2.24) is 14.8 Å². The predicted octanol–water partition coefficient (Wildman–Crippen LogP) is 5.99. The van der Waals surface area contributed by atoms with Gasteiger partial charge in [0.15, 0.2) is 11.0 Å². The van der Waals surface area contributed by atoms with Gasteiger partial charge in [-0.2, -0.15) is 0 Å². The molecule has 1 N–H and O–H groups in total. The number of carbonyl (C=O) groups is 1. The van der Waals surface area contributed by atoms with Crippen molar-refractivity contribution in [1.29, 1.82) is 0 Å². The third-order valence-electron chi connectivity index (χ3n) is 5.53. The van der Waals surface area contributed by atoms with Crippen LogP contribution < -0.4 is 10.1 Å². The van der Waals surface area contributed by atoms with E-state index in [2.05, 4.69) is 21.6 Å². The average Bonchev–Trinajstić information content (AvgIpc) is 3.25. The van der Waals surface area contributed by atoms with Gasteiger partial charge in [-0.05, 0) is 75.2 Å². The molecule has 0 atom stereocenters. The van der Waals surface area contributed by atoms with Crippen molar-refractivity contribution in [3.8, 4) is 22.8 Å². The van der Waals surface area contributed by atoms with Gasteiger partial charge in [0.1, 0.15) is 5.75 Å². The van der Waals surface area contributed by atoms with Crippen molar-refractivity contribution in [2.24, 2.45) is 0 Å². The van der Waals surface area contributed by atoms with Gasteiger partial charge in [-0.3, -0.25) is 9.36 Å². The number of carbonyl (C=O) groups excluding carboxylic acids is 1. The van der Waals surface area contributed by atoms with Crippen molar-refractivity contribution >= 4 is 23.4 Å². The fourth-order valence-corrected chi connectivity index (χ4v) is 4.38. The summed E-state index contributed by atoms with van der Waals surface area (Å²) in [6, 6.07) is 21.9. The number of aromatic nitrogens is 3. The van der Waals surface area contributed by atoms with Gasteiger partial charge in [0.2, 0.25) is 5.91 Å². The van der Waals surface area contributed by atoms with Crippen LogP contribution in [0.4, 0.5) is 5.69 Å². The van der Waals surface area contributed by atoms with E-state index in [4.69, 9.17) is 4.74 Å². The lowest BCUT2D eigenvalue weighted by Gasteiger charge is -2.12. The number of hydrogen-bond acceptors (Lipinski definition) is 5. The lowest BCUT2D eigenvalue weighted by atomic mass is 10.1. The molecule has 34 heavy (non-hydrogen) atoms. The first kappa shape index (κ1) is 23.6. The molecular formula is C27H28N4O2S. The number of amides is 1. The summed E-state index contributed by atoms with van der Waals surface area (Å²) in [5.74, 6) is 1.66. The lowest BCUT2D eigenvalue weighted by Crippen LogP contribution is -2.15. The molecular weight excluding hydrogens is 444 g/mol. The van der Waals surface area contributed by atoms with E-state index in [0.717, 1.165) is 45.2 Å². The molecule has 0 saturated carbocycles. The van der Waals surface area contributed by atoms with Gasteiger partial charge >= 0.3 is 0 Å². The highest BCUT2D eigenvalue weighted by Gasteiger charge is 2.18. The summed E-state index contributed by atoms with van der Waals surface area (Å²) in [7, 11) is 0. The minimum atomic E-state index is -0.0861. The summed E-state index contributed by atoms with van der Waals surface area (Å²) in [4.78, 5) is 12.7.